The van der Waals surface area contributed by atoms with Gasteiger partial charge in [0.05, 0.1) is 5.69 Å². The number of aromatic nitrogens is 1. The SMILES string of the molecule is Cc1noc(C)c1C(=O)N1c2ccccc2CC1C. The zero-order valence-corrected chi connectivity index (χ0v) is 11.3. The van der Waals surface area contributed by atoms with Crippen molar-refractivity contribution in [2.45, 2.75) is 33.2 Å². The van der Waals surface area contributed by atoms with E-state index in [2.05, 4.69) is 18.1 Å². The number of amides is 1. The van der Waals surface area contributed by atoms with E-state index in [4.69, 9.17) is 4.52 Å². The summed E-state index contributed by atoms with van der Waals surface area (Å²) in [6.07, 6.45) is 0.894. The van der Waals surface area contributed by atoms with Gasteiger partial charge < -0.3 is 9.42 Å². The Labute approximate surface area is 112 Å². The fourth-order valence-corrected chi connectivity index (χ4v) is 2.78. The van der Waals surface area contributed by atoms with Crippen LogP contribution in [-0.4, -0.2) is 17.1 Å². The molecule has 4 heteroatoms. The summed E-state index contributed by atoms with van der Waals surface area (Å²) in [5.74, 6) is 0.563. The zero-order valence-electron chi connectivity index (χ0n) is 11.3. The number of benzene rings is 1. The van der Waals surface area contributed by atoms with Gasteiger partial charge in [0.25, 0.3) is 5.91 Å². The molecule has 98 valence electrons. The van der Waals surface area contributed by atoms with Crippen molar-refractivity contribution in [1.82, 2.24) is 5.16 Å². The second kappa shape index (κ2) is 4.23. The van der Waals surface area contributed by atoms with Crippen LogP contribution in [-0.2, 0) is 6.42 Å². The van der Waals surface area contributed by atoms with Crippen molar-refractivity contribution in [3.8, 4) is 0 Å². The third-order valence-electron chi connectivity index (χ3n) is 3.67. The Morgan fingerprint density at radius 1 is 1.37 bits per heavy atom. The summed E-state index contributed by atoms with van der Waals surface area (Å²) in [5.41, 5.74) is 3.46. The Kier molecular flexibility index (Phi) is 2.66. The van der Waals surface area contributed by atoms with Crippen LogP contribution in [0.1, 0.15) is 34.3 Å². The number of nitrogens with zero attached hydrogens (tertiary/aromatic N) is 2. The van der Waals surface area contributed by atoms with Gasteiger partial charge in [-0.2, -0.15) is 0 Å². The summed E-state index contributed by atoms with van der Waals surface area (Å²) >= 11 is 0. The molecule has 19 heavy (non-hydrogen) atoms. The molecule has 1 aliphatic rings. The van der Waals surface area contributed by atoms with Crippen molar-refractivity contribution in [2.75, 3.05) is 4.90 Å². The third-order valence-corrected chi connectivity index (χ3v) is 3.67. The van der Waals surface area contributed by atoms with E-state index >= 15 is 0 Å². The van der Waals surface area contributed by atoms with Crippen molar-refractivity contribution < 1.29 is 9.32 Å². The third kappa shape index (κ3) is 1.75. The van der Waals surface area contributed by atoms with Gasteiger partial charge >= 0.3 is 0 Å². The van der Waals surface area contributed by atoms with Crippen molar-refractivity contribution in [2.24, 2.45) is 0 Å². The van der Waals surface area contributed by atoms with Crippen LogP contribution >= 0.6 is 0 Å². The average molecular weight is 256 g/mol. The molecular weight excluding hydrogens is 240 g/mol. The normalized spacial score (nSPS) is 17.6. The summed E-state index contributed by atoms with van der Waals surface area (Å²) in [4.78, 5) is 14.6. The van der Waals surface area contributed by atoms with Crippen molar-refractivity contribution >= 4 is 11.6 Å². The first-order valence-electron chi connectivity index (χ1n) is 6.44. The largest absolute Gasteiger partial charge is 0.361 e. The number of para-hydroxylation sites is 1. The van der Waals surface area contributed by atoms with Crippen LogP contribution in [0, 0.1) is 13.8 Å². The molecule has 1 atom stereocenters. The van der Waals surface area contributed by atoms with Gasteiger partial charge in [-0.15, -0.1) is 0 Å². The van der Waals surface area contributed by atoms with E-state index in [1.165, 1.54) is 5.56 Å². The Hall–Kier alpha value is -2.10. The molecule has 1 aromatic carbocycles. The van der Waals surface area contributed by atoms with Crippen molar-refractivity contribution in [3.05, 3.63) is 46.8 Å². The number of aryl methyl sites for hydroxylation is 2. The summed E-state index contributed by atoms with van der Waals surface area (Å²) in [7, 11) is 0. The quantitative estimate of drug-likeness (QED) is 0.788. The monoisotopic (exact) mass is 256 g/mol. The molecule has 0 bridgehead atoms. The van der Waals surface area contributed by atoms with Gasteiger partial charge in [0, 0.05) is 11.7 Å². The molecule has 0 fully saturated rings. The molecule has 2 aromatic rings. The molecule has 1 amide bonds. The second-order valence-electron chi connectivity index (χ2n) is 5.06. The number of carbonyl (C=O) groups excluding carboxylic acids is 1. The maximum Gasteiger partial charge on any atom is 0.264 e. The summed E-state index contributed by atoms with van der Waals surface area (Å²) in [5, 5.41) is 3.87. The number of hydrogen-bond donors (Lipinski definition) is 0. The van der Waals surface area contributed by atoms with Crippen LogP contribution in [0.5, 0.6) is 0 Å². The maximum atomic E-state index is 12.7. The van der Waals surface area contributed by atoms with E-state index < -0.39 is 0 Å². The smallest absolute Gasteiger partial charge is 0.264 e. The minimum absolute atomic E-state index is 0.0197. The number of hydrogen-bond acceptors (Lipinski definition) is 3. The summed E-state index contributed by atoms with van der Waals surface area (Å²) in [6.45, 7) is 5.65. The van der Waals surface area contributed by atoms with Crippen LogP contribution in [0.4, 0.5) is 5.69 Å². The Bertz CT molecular complexity index is 626. The fraction of sp³-hybridized carbons (Fsp3) is 0.333. The first kappa shape index (κ1) is 12.0. The lowest BCUT2D eigenvalue weighted by Crippen LogP contribution is -2.36. The minimum atomic E-state index is -0.0197. The molecule has 1 unspecified atom stereocenters. The lowest BCUT2D eigenvalue weighted by atomic mass is 10.1. The summed E-state index contributed by atoms with van der Waals surface area (Å²) < 4.78 is 5.10. The number of fused-ring (bicyclic) bond motifs is 1. The van der Waals surface area contributed by atoms with Gasteiger partial charge in [0.2, 0.25) is 0 Å². The van der Waals surface area contributed by atoms with E-state index in [0.717, 1.165) is 12.1 Å². The molecule has 0 spiro atoms. The highest BCUT2D eigenvalue weighted by Crippen LogP contribution is 2.33. The Balaban J connectivity index is 2.06. The molecule has 0 aliphatic carbocycles. The van der Waals surface area contributed by atoms with E-state index in [-0.39, 0.29) is 11.9 Å². The predicted octanol–water partition coefficient (Wildman–Crippen LogP) is 2.88. The molecule has 1 aliphatic heterocycles. The van der Waals surface area contributed by atoms with E-state index in [0.29, 0.717) is 17.0 Å². The lowest BCUT2D eigenvalue weighted by Gasteiger charge is -2.22. The molecule has 0 saturated heterocycles. The zero-order chi connectivity index (χ0) is 13.6. The molecule has 3 rings (SSSR count). The van der Waals surface area contributed by atoms with E-state index in [1.54, 1.807) is 13.8 Å². The number of carbonyl (C=O) groups is 1. The molecule has 0 radical (unpaired) electrons. The van der Waals surface area contributed by atoms with Gasteiger partial charge in [0.15, 0.2) is 0 Å². The topological polar surface area (TPSA) is 46.3 Å². The maximum absolute atomic E-state index is 12.7. The second-order valence-corrected chi connectivity index (χ2v) is 5.06. The van der Waals surface area contributed by atoms with Crippen LogP contribution in [0.3, 0.4) is 0 Å². The van der Waals surface area contributed by atoms with Gasteiger partial charge in [-0.25, -0.2) is 0 Å². The first-order chi connectivity index (χ1) is 9.09. The van der Waals surface area contributed by atoms with Crippen LogP contribution in [0.25, 0.3) is 0 Å². The van der Waals surface area contributed by atoms with E-state index in [1.807, 2.05) is 23.1 Å². The van der Waals surface area contributed by atoms with Crippen molar-refractivity contribution in [3.63, 3.8) is 0 Å². The molecule has 0 N–H and O–H groups in total. The fourth-order valence-electron chi connectivity index (χ4n) is 2.78. The van der Waals surface area contributed by atoms with Crippen LogP contribution < -0.4 is 4.90 Å². The number of anilines is 1. The van der Waals surface area contributed by atoms with Crippen molar-refractivity contribution in [1.29, 1.82) is 0 Å². The highest BCUT2D eigenvalue weighted by Gasteiger charge is 2.33. The predicted molar refractivity (Wildman–Crippen MR) is 72.4 cm³/mol. The average Bonchev–Trinajstić information content (AvgIpc) is 2.88. The van der Waals surface area contributed by atoms with Gasteiger partial charge in [-0.1, -0.05) is 23.4 Å². The van der Waals surface area contributed by atoms with E-state index in [9.17, 15) is 4.79 Å². The Morgan fingerprint density at radius 3 is 2.79 bits per heavy atom. The van der Waals surface area contributed by atoms with Crippen LogP contribution in [0.2, 0.25) is 0 Å². The van der Waals surface area contributed by atoms with Gasteiger partial charge in [0.1, 0.15) is 11.3 Å². The highest BCUT2D eigenvalue weighted by atomic mass is 16.5. The molecular formula is C15H16N2O2. The summed E-state index contributed by atoms with van der Waals surface area (Å²) in [6, 6.07) is 8.21. The first-order valence-corrected chi connectivity index (χ1v) is 6.44. The van der Waals surface area contributed by atoms with Gasteiger partial charge in [-0.3, -0.25) is 4.79 Å². The Morgan fingerprint density at radius 2 is 2.11 bits per heavy atom. The molecule has 4 nitrogen and oxygen atoms in total. The molecule has 2 heterocycles. The number of rotatable bonds is 1. The highest BCUT2D eigenvalue weighted by molar-refractivity contribution is 6.08. The minimum Gasteiger partial charge on any atom is -0.361 e. The standard InChI is InChI=1S/C15H16N2O2/c1-9-8-12-6-4-5-7-13(12)17(9)15(18)14-10(2)16-19-11(14)3/h4-7,9H,8H2,1-3H3. The molecule has 0 saturated carbocycles. The van der Waals surface area contributed by atoms with Crippen LogP contribution in [0.15, 0.2) is 28.8 Å². The molecule has 1 aromatic heterocycles. The van der Waals surface area contributed by atoms with Gasteiger partial charge in [-0.05, 0) is 38.8 Å². The lowest BCUT2D eigenvalue weighted by molar-refractivity contribution is 0.0979.